The summed E-state index contributed by atoms with van der Waals surface area (Å²) in [5, 5.41) is 0. The van der Waals surface area contributed by atoms with E-state index in [2.05, 4.69) is 39.8 Å². The predicted octanol–water partition coefficient (Wildman–Crippen LogP) is 4.87. The summed E-state index contributed by atoms with van der Waals surface area (Å²) in [5.74, 6) is 1.09. The Hall–Kier alpha value is -2.97. The Morgan fingerprint density at radius 1 is 0.935 bits per heavy atom. The van der Waals surface area contributed by atoms with Crippen LogP contribution in [-0.4, -0.2) is 17.5 Å². The van der Waals surface area contributed by atoms with Gasteiger partial charge in [0.15, 0.2) is 0 Å². The van der Waals surface area contributed by atoms with Gasteiger partial charge in [-0.2, -0.15) is 4.98 Å². The number of benzene rings is 1. The minimum atomic E-state index is -0.232. The zero-order chi connectivity index (χ0) is 21.9. The molecule has 0 radical (unpaired) electrons. The lowest BCUT2D eigenvalue weighted by Crippen LogP contribution is -2.36. The molecule has 1 saturated heterocycles. The monoisotopic (exact) mass is 413 g/mol. The first-order chi connectivity index (χ1) is 14.8. The summed E-state index contributed by atoms with van der Waals surface area (Å²) in [6.45, 7) is 9.57. The van der Waals surface area contributed by atoms with Gasteiger partial charge in [0.05, 0.1) is 5.60 Å². The molecule has 0 atom stereocenters. The van der Waals surface area contributed by atoms with Crippen LogP contribution in [0.3, 0.4) is 0 Å². The van der Waals surface area contributed by atoms with E-state index in [1.165, 1.54) is 0 Å². The number of rotatable bonds is 7. The fraction of sp³-hybridized carbons (Fsp3) is 0.346. The highest BCUT2D eigenvalue weighted by atomic mass is 16.5. The molecule has 0 spiro atoms. The van der Waals surface area contributed by atoms with Gasteiger partial charge in [0.2, 0.25) is 11.8 Å². The molecule has 4 rings (SSSR count). The van der Waals surface area contributed by atoms with Crippen molar-refractivity contribution >= 4 is 12.4 Å². The molecule has 5 heteroatoms. The summed E-state index contributed by atoms with van der Waals surface area (Å²) in [5.41, 5.74) is 2.88. The van der Waals surface area contributed by atoms with Crippen molar-refractivity contribution in [1.29, 1.82) is 0 Å². The summed E-state index contributed by atoms with van der Waals surface area (Å²) >= 11 is 0. The van der Waals surface area contributed by atoms with Gasteiger partial charge in [-0.05, 0) is 54.9 Å². The molecule has 4 nitrogen and oxygen atoms in total. The van der Waals surface area contributed by atoms with Crippen molar-refractivity contribution in [3.8, 4) is 11.8 Å². The SMILES string of the molecule is CC1(C)CB(c2ccc(OCc3cc#ccc3)nc2OCc2ccccc2)OC1(C)C. The van der Waals surface area contributed by atoms with Crippen molar-refractivity contribution in [2.75, 3.05) is 0 Å². The summed E-state index contributed by atoms with van der Waals surface area (Å²) in [7, 11) is 0. The number of hydrogen-bond acceptors (Lipinski definition) is 4. The van der Waals surface area contributed by atoms with Crippen LogP contribution in [-0.2, 0) is 17.9 Å². The molecule has 3 aromatic rings. The van der Waals surface area contributed by atoms with Gasteiger partial charge < -0.3 is 14.1 Å². The average molecular weight is 413 g/mol. The summed E-state index contributed by atoms with van der Waals surface area (Å²) in [6.07, 6.45) is 0.903. The second kappa shape index (κ2) is 8.65. The van der Waals surface area contributed by atoms with E-state index in [4.69, 9.17) is 19.1 Å². The molecule has 0 bridgehead atoms. The Kier molecular flexibility index (Phi) is 5.93. The van der Waals surface area contributed by atoms with Crippen molar-refractivity contribution in [3.05, 3.63) is 83.9 Å². The highest BCUT2D eigenvalue weighted by Crippen LogP contribution is 2.45. The van der Waals surface area contributed by atoms with E-state index >= 15 is 0 Å². The number of ether oxygens (including phenoxy) is 2. The molecule has 2 aromatic carbocycles. The first-order valence-corrected chi connectivity index (χ1v) is 10.7. The lowest BCUT2D eigenvalue weighted by atomic mass is 9.54. The van der Waals surface area contributed by atoms with E-state index in [1.54, 1.807) is 0 Å². The normalized spacial score (nSPS) is 16.6. The van der Waals surface area contributed by atoms with E-state index in [9.17, 15) is 0 Å². The van der Waals surface area contributed by atoms with Gasteiger partial charge in [0.25, 0.3) is 0 Å². The Morgan fingerprint density at radius 2 is 1.71 bits per heavy atom. The minimum absolute atomic E-state index is 0.0460. The first-order valence-electron chi connectivity index (χ1n) is 10.7. The van der Waals surface area contributed by atoms with Crippen LogP contribution in [0.5, 0.6) is 11.8 Å². The van der Waals surface area contributed by atoms with Gasteiger partial charge in [0, 0.05) is 11.5 Å². The number of aromatic nitrogens is 1. The molecule has 0 unspecified atom stereocenters. The van der Waals surface area contributed by atoms with E-state index in [0.29, 0.717) is 25.0 Å². The zero-order valence-corrected chi connectivity index (χ0v) is 18.6. The molecule has 1 aliphatic rings. The third-order valence-corrected chi connectivity index (χ3v) is 6.30. The van der Waals surface area contributed by atoms with Crippen LogP contribution >= 0.6 is 0 Å². The van der Waals surface area contributed by atoms with Crippen molar-refractivity contribution in [1.82, 2.24) is 4.98 Å². The lowest BCUT2D eigenvalue weighted by molar-refractivity contribution is 0.0375. The third kappa shape index (κ3) is 4.86. The molecule has 0 N–H and O–H groups in total. The molecule has 1 aliphatic heterocycles. The summed E-state index contributed by atoms with van der Waals surface area (Å²) in [6, 6.07) is 25.5. The number of nitrogens with zero attached hydrogens (tertiary/aromatic N) is 1. The standard InChI is InChI=1S/C26H28BNO3/c1-25(2)19-27(31-26(25,3)4)22-15-16-23(29-17-20-11-7-5-8-12-20)28-24(22)30-18-21-13-9-6-10-14-21/h6-7,9-16H,17-19H2,1-4H3. The van der Waals surface area contributed by atoms with Crippen LogP contribution < -0.4 is 14.9 Å². The fourth-order valence-corrected chi connectivity index (χ4v) is 3.67. The van der Waals surface area contributed by atoms with Crippen molar-refractivity contribution < 1.29 is 14.1 Å². The zero-order valence-electron chi connectivity index (χ0n) is 18.6. The molecule has 0 aliphatic carbocycles. The van der Waals surface area contributed by atoms with Crippen LogP contribution in [0.2, 0.25) is 6.32 Å². The van der Waals surface area contributed by atoms with E-state index in [1.807, 2.05) is 60.7 Å². The molecular weight excluding hydrogens is 385 g/mol. The summed E-state index contributed by atoms with van der Waals surface area (Å²) in [4.78, 5) is 4.70. The molecule has 0 amide bonds. The van der Waals surface area contributed by atoms with Crippen molar-refractivity contribution in [2.24, 2.45) is 5.41 Å². The van der Waals surface area contributed by atoms with Crippen LogP contribution in [0.25, 0.3) is 0 Å². The summed E-state index contributed by atoms with van der Waals surface area (Å²) < 4.78 is 18.5. The van der Waals surface area contributed by atoms with Crippen LogP contribution in [0, 0.1) is 17.5 Å². The highest BCUT2D eigenvalue weighted by Gasteiger charge is 2.50. The number of pyridine rings is 1. The average Bonchev–Trinajstić information content (AvgIpc) is 2.99. The molecule has 1 aromatic heterocycles. The Balaban J connectivity index is 1.57. The molecule has 31 heavy (non-hydrogen) atoms. The van der Waals surface area contributed by atoms with Gasteiger partial charge in [-0.15, -0.1) is 0 Å². The van der Waals surface area contributed by atoms with Gasteiger partial charge in [0.1, 0.15) is 13.2 Å². The van der Waals surface area contributed by atoms with Crippen molar-refractivity contribution in [3.63, 3.8) is 0 Å². The number of hydrogen-bond donors (Lipinski definition) is 0. The van der Waals surface area contributed by atoms with Gasteiger partial charge in [-0.1, -0.05) is 62.4 Å². The van der Waals surface area contributed by atoms with E-state index < -0.39 is 0 Å². The molecular formula is C26H28BNO3. The van der Waals surface area contributed by atoms with Gasteiger partial charge in [-0.3, -0.25) is 0 Å². The maximum Gasteiger partial charge on any atom is 0.333 e. The maximum atomic E-state index is 6.44. The topological polar surface area (TPSA) is 40.6 Å². The van der Waals surface area contributed by atoms with Crippen LogP contribution in [0.15, 0.2) is 60.7 Å². The Bertz CT molecular complexity index is 990. The van der Waals surface area contributed by atoms with Gasteiger partial charge in [-0.25, -0.2) is 0 Å². The molecule has 158 valence electrons. The van der Waals surface area contributed by atoms with Gasteiger partial charge >= 0.3 is 6.92 Å². The second-order valence-corrected chi connectivity index (χ2v) is 9.15. The highest BCUT2D eigenvalue weighted by molar-refractivity contribution is 6.69. The van der Waals surface area contributed by atoms with Crippen molar-refractivity contribution in [2.45, 2.75) is 52.8 Å². The lowest BCUT2D eigenvalue weighted by Gasteiger charge is -2.34. The molecule has 2 heterocycles. The van der Waals surface area contributed by atoms with E-state index in [0.717, 1.165) is 22.9 Å². The molecule has 0 saturated carbocycles. The third-order valence-electron chi connectivity index (χ3n) is 6.30. The minimum Gasteiger partial charge on any atom is -0.473 e. The van der Waals surface area contributed by atoms with Crippen LogP contribution in [0.4, 0.5) is 0 Å². The fourth-order valence-electron chi connectivity index (χ4n) is 3.67. The smallest absolute Gasteiger partial charge is 0.333 e. The maximum absolute atomic E-state index is 6.44. The van der Waals surface area contributed by atoms with E-state index in [-0.39, 0.29) is 17.9 Å². The Labute approximate surface area is 185 Å². The second-order valence-electron chi connectivity index (χ2n) is 9.15. The van der Waals surface area contributed by atoms with Crippen LogP contribution in [0.1, 0.15) is 38.8 Å². The predicted molar refractivity (Wildman–Crippen MR) is 123 cm³/mol. The quantitative estimate of drug-likeness (QED) is 0.518. The first kappa shape index (κ1) is 21.3. The largest absolute Gasteiger partial charge is 0.473 e. The Morgan fingerprint density at radius 3 is 2.39 bits per heavy atom. The molecule has 1 fully saturated rings.